The maximum Gasteiger partial charge on any atom is 0.419 e. The molecule has 0 amide bonds. The van der Waals surface area contributed by atoms with Crippen LogP contribution in [0.3, 0.4) is 0 Å². The Bertz CT molecular complexity index is 2670. The quantitative estimate of drug-likeness (QED) is 0.165. The molecular weight excluding hydrogens is 787 g/mol. The second-order valence-electron chi connectivity index (χ2n) is 13.3. The van der Waals surface area contributed by atoms with Crippen molar-refractivity contribution >= 4 is 57.6 Å². The fourth-order valence-electron chi connectivity index (χ4n) is 7.60. The van der Waals surface area contributed by atoms with Gasteiger partial charge in [-0.1, -0.05) is 96.3 Å². The second kappa shape index (κ2) is 14.1. The molecule has 7 aromatic rings. The monoisotopic (exact) mass is 810 g/mol. The summed E-state index contributed by atoms with van der Waals surface area (Å²) in [7, 11) is 0. The molecule has 0 atom stereocenters. The fraction of sp³-hybridized carbons (Fsp3) is 0.0435. The van der Waals surface area contributed by atoms with Crippen molar-refractivity contribution in [2.75, 3.05) is 9.80 Å². The van der Waals surface area contributed by atoms with Crippen molar-refractivity contribution in [3.63, 3.8) is 0 Å². The van der Waals surface area contributed by atoms with E-state index < -0.39 is 40.3 Å². The van der Waals surface area contributed by atoms with Crippen LogP contribution >= 0.6 is 23.5 Å². The molecule has 0 saturated carbocycles. The van der Waals surface area contributed by atoms with Crippen LogP contribution in [0.4, 0.5) is 60.5 Å². The van der Waals surface area contributed by atoms with Gasteiger partial charge in [-0.05, 0) is 83.9 Å². The van der Waals surface area contributed by atoms with Crippen molar-refractivity contribution in [1.29, 1.82) is 10.5 Å². The predicted molar refractivity (Wildman–Crippen MR) is 214 cm³/mol. The van der Waals surface area contributed by atoms with Crippen molar-refractivity contribution in [2.24, 2.45) is 0 Å². The Hall–Kier alpha value is -6.60. The van der Waals surface area contributed by atoms with Crippen molar-refractivity contribution in [3.05, 3.63) is 168 Å². The highest BCUT2D eigenvalue weighted by Crippen LogP contribution is 2.65. The summed E-state index contributed by atoms with van der Waals surface area (Å²) in [5, 5.41) is 19.4. The molecule has 9 rings (SSSR count). The molecule has 4 nitrogen and oxygen atoms in total. The SMILES string of the molecule is N#Cc1ccc(-c2c(N3c4ccccc4Sc4ccccc43)c(-c3ccc(C#N)cc3)c(C(F)(F)F)c(N3c4ccccc4Sc4ccccc43)c2C(F)(F)F)cc1. The summed E-state index contributed by atoms with van der Waals surface area (Å²) in [5.41, 5.74) is -4.35. The molecule has 0 fully saturated rings. The average Bonchev–Trinajstić information content (AvgIpc) is 3.23. The molecule has 282 valence electrons. The number of anilines is 6. The first kappa shape index (κ1) is 37.0. The van der Waals surface area contributed by atoms with Gasteiger partial charge in [0.2, 0.25) is 0 Å². The van der Waals surface area contributed by atoms with Crippen molar-refractivity contribution in [2.45, 2.75) is 31.9 Å². The number of nitriles is 2. The lowest BCUT2D eigenvalue weighted by Crippen LogP contribution is -2.28. The summed E-state index contributed by atoms with van der Waals surface area (Å²) in [6.45, 7) is 0. The molecule has 58 heavy (non-hydrogen) atoms. The maximum atomic E-state index is 16.7. The molecule has 0 N–H and O–H groups in total. The van der Waals surface area contributed by atoms with Crippen LogP contribution in [-0.4, -0.2) is 0 Å². The third kappa shape index (κ3) is 6.13. The maximum absolute atomic E-state index is 16.7. The molecule has 0 aromatic heterocycles. The molecule has 0 unspecified atom stereocenters. The van der Waals surface area contributed by atoms with Gasteiger partial charge in [-0.15, -0.1) is 0 Å². The lowest BCUT2D eigenvalue weighted by atomic mass is 9.83. The van der Waals surface area contributed by atoms with Gasteiger partial charge in [-0.2, -0.15) is 36.9 Å². The number of hydrogen-bond acceptors (Lipinski definition) is 6. The van der Waals surface area contributed by atoms with Gasteiger partial charge in [0, 0.05) is 30.7 Å². The van der Waals surface area contributed by atoms with E-state index in [0.717, 1.165) is 4.90 Å². The van der Waals surface area contributed by atoms with Crippen LogP contribution in [0.5, 0.6) is 0 Å². The minimum absolute atomic E-state index is 0.0626. The molecule has 2 aliphatic rings. The Labute approximate surface area is 337 Å². The molecular formula is C46H24F6N4S2. The van der Waals surface area contributed by atoms with E-state index in [9.17, 15) is 10.5 Å². The van der Waals surface area contributed by atoms with Crippen molar-refractivity contribution in [1.82, 2.24) is 0 Å². The van der Waals surface area contributed by atoms with Gasteiger partial charge in [-0.25, -0.2) is 0 Å². The topological polar surface area (TPSA) is 54.1 Å². The minimum Gasteiger partial charge on any atom is -0.307 e. The van der Waals surface area contributed by atoms with Crippen LogP contribution in [0.1, 0.15) is 22.3 Å². The first-order valence-corrected chi connectivity index (χ1v) is 19.3. The Morgan fingerprint density at radius 2 is 0.690 bits per heavy atom. The van der Waals surface area contributed by atoms with Crippen molar-refractivity contribution in [3.8, 4) is 34.4 Å². The highest BCUT2D eigenvalue weighted by molar-refractivity contribution is 8.00. The van der Waals surface area contributed by atoms with E-state index in [-0.39, 0.29) is 39.3 Å². The molecule has 2 heterocycles. The van der Waals surface area contributed by atoms with Crippen LogP contribution in [0.25, 0.3) is 22.3 Å². The zero-order valence-corrected chi connectivity index (χ0v) is 31.4. The first-order valence-electron chi connectivity index (χ1n) is 17.7. The second-order valence-corrected chi connectivity index (χ2v) is 15.5. The predicted octanol–water partition coefficient (Wildman–Crippen LogP) is 14.7. The van der Waals surface area contributed by atoms with E-state index in [0.29, 0.717) is 31.0 Å². The zero-order valence-electron chi connectivity index (χ0n) is 29.7. The number of halogens is 6. The number of nitrogens with zero attached hydrogens (tertiary/aromatic N) is 4. The molecule has 12 heteroatoms. The smallest absolute Gasteiger partial charge is 0.307 e. The number of rotatable bonds is 4. The summed E-state index contributed by atoms with van der Waals surface area (Å²) in [6.07, 6.45) is -10.8. The van der Waals surface area contributed by atoms with Gasteiger partial charge in [0.25, 0.3) is 0 Å². The Balaban J connectivity index is 1.58. The van der Waals surface area contributed by atoms with Gasteiger partial charge in [-0.3, -0.25) is 0 Å². The highest BCUT2D eigenvalue weighted by atomic mass is 32.2. The third-order valence-corrected chi connectivity index (χ3v) is 12.2. The Kier molecular flexibility index (Phi) is 9.00. The standard InChI is InChI=1S/C46H24F6N4S2/c47-45(48,49)41-39(29-21-17-27(25-53)18-22-29)43(55-31-9-1-5-13-35(31)57-36-14-6-2-10-32(36)55)40(30-23-19-28(26-54)20-24-30)42(46(50,51)52)44(41)56-33-11-3-7-15-37(33)58-38-16-8-4-12-34(38)56/h1-24H. The summed E-state index contributed by atoms with van der Waals surface area (Å²) >= 11 is 2.61. The van der Waals surface area contributed by atoms with E-state index >= 15 is 26.3 Å². The molecule has 0 aliphatic carbocycles. The van der Waals surface area contributed by atoms with Crippen LogP contribution in [0.2, 0.25) is 0 Å². The van der Waals surface area contributed by atoms with E-state index in [2.05, 4.69) is 0 Å². The number of alkyl halides is 6. The number of benzene rings is 7. The van der Waals surface area contributed by atoms with E-state index in [1.165, 1.54) is 89.1 Å². The molecule has 0 bridgehead atoms. The number of hydrogen-bond donors (Lipinski definition) is 0. The van der Waals surface area contributed by atoms with Gasteiger partial charge >= 0.3 is 12.4 Å². The van der Waals surface area contributed by atoms with Crippen LogP contribution in [0, 0.1) is 22.7 Å². The average molecular weight is 811 g/mol. The van der Waals surface area contributed by atoms with Gasteiger partial charge in [0.05, 0.1) is 68.5 Å². The van der Waals surface area contributed by atoms with E-state index in [1.807, 2.05) is 12.1 Å². The summed E-state index contributed by atoms with van der Waals surface area (Å²) in [6, 6.07) is 41.5. The molecule has 0 spiro atoms. The Morgan fingerprint density at radius 1 is 0.397 bits per heavy atom. The Morgan fingerprint density at radius 3 is 0.983 bits per heavy atom. The summed E-state index contributed by atoms with van der Waals surface area (Å²) in [4.78, 5) is 4.72. The normalized spacial score (nSPS) is 13.1. The molecule has 2 aliphatic heterocycles. The van der Waals surface area contributed by atoms with Gasteiger partial charge in [0.15, 0.2) is 0 Å². The zero-order chi connectivity index (χ0) is 40.3. The molecule has 7 aromatic carbocycles. The lowest BCUT2D eigenvalue weighted by Gasteiger charge is -2.41. The van der Waals surface area contributed by atoms with Gasteiger partial charge < -0.3 is 9.80 Å². The first-order chi connectivity index (χ1) is 28.0. The van der Waals surface area contributed by atoms with E-state index in [4.69, 9.17) is 0 Å². The summed E-state index contributed by atoms with van der Waals surface area (Å²) in [5.74, 6) is 0. The number of para-hydroxylation sites is 4. The van der Waals surface area contributed by atoms with Crippen LogP contribution in [-0.2, 0) is 12.4 Å². The highest BCUT2D eigenvalue weighted by Gasteiger charge is 2.51. The van der Waals surface area contributed by atoms with Crippen LogP contribution < -0.4 is 9.80 Å². The largest absolute Gasteiger partial charge is 0.419 e. The molecule has 0 radical (unpaired) electrons. The third-order valence-electron chi connectivity index (χ3n) is 9.93. The fourth-order valence-corrected chi connectivity index (χ4v) is 9.71. The molecule has 0 saturated heterocycles. The number of fused-ring (bicyclic) bond motifs is 4. The van der Waals surface area contributed by atoms with Crippen molar-refractivity contribution < 1.29 is 26.3 Å². The minimum atomic E-state index is -5.39. The van der Waals surface area contributed by atoms with Gasteiger partial charge in [0.1, 0.15) is 0 Å². The summed E-state index contributed by atoms with van der Waals surface area (Å²) < 4.78 is 100. The lowest BCUT2D eigenvalue weighted by molar-refractivity contribution is -0.141. The van der Waals surface area contributed by atoms with E-state index in [1.54, 1.807) is 84.9 Å². The van der Waals surface area contributed by atoms with Crippen LogP contribution in [0.15, 0.2) is 165 Å².